The number of hydrogen-bond acceptors (Lipinski definition) is 4. The number of rotatable bonds is 7. The van der Waals surface area contributed by atoms with E-state index in [9.17, 15) is 14.0 Å². The molecule has 160 valence electrons. The highest BCUT2D eigenvalue weighted by Crippen LogP contribution is 2.24. The first-order chi connectivity index (χ1) is 14.4. The lowest BCUT2D eigenvalue weighted by atomic mass is 9.86. The van der Waals surface area contributed by atoms with Gasteiger partial charge in [-0.1, -0.05) is 11.6 Å². The van der Waals surface area contributed by atoms with E-state index in [1.54, 1.807) is 12.3 Å². The van der Waals surface area contributed by atoms with Crippen molar-refractivity contribution in [2.45, 2.75) is 38.6 Å². The number of halogens is 2. The highest BCUT2D eigenvalue weighted by Gasteiger charge is 2.23. The summed E-state index contributed by atoms with van der Waals surface area (Å²) in [7, 11) is 0. The van der Waals surface area contributed by atoms with E-state index in [1.807, 2.05) is 13.0 Å². The molecule has 30 heavy (non-hydrogen) atoms. The van der Waals surface area contributed by atoms with Gasteiger partial charge in [0.15, 0.2) is 6.61 Å². The first kappa shape index (κ1) is 22.0. The maximum absolute atomic E-state index is 13.4. The molecule has 0 radical (unpaired) electrons. The summed E-state index contributed by atoms with van der Waals surface area (Å²) in [5.74, 6) is -0.301. The lowest BCUT2D eigenvalue weighted by Gasteiger charge is -2.29. The summed E-state index contributed by atoms with van der Waals surface area (Å²) in [5.41, 5.74) is 1.43. The summed E-state index contributed by atoms with van der Waals surface area (Å²) >= 11 is 5.62. The Hall–Kier alpha value is -2.67. The Kier molecular flexibility index (Phi) is 7.63. The third kappa shape index (κ3) is 6.42. The van der Waals surface area contributed by atoms with Gasteiger partial charge in [-0.15, -0.1) is 0 Å². The molecule has 0 unspecified atom stereocenters. The summed E-state index contributed by atoms with van der Waals surface area (Å²) in [6, 6.07) is 7.73. The Morgan fingerprint density at radius 1 is 1.20 bits per heavy atom. The molecule has 1 heterocycles. The van der Waals surface area contributed by atoms with E-state index < -0.39 is 5.82 Å². The van der Waals surface area contributed by atoms with Crippen LogP contribution in [-0.4, -0.2) is 36.0 Å². The number of benzene rings is 1. The molecule has 6 nitrogen and oxygen atoms in total. The molecular weight excluding hydrogens is 409 g/mol. The van der Waals surface area contributed by atoms with Crippen LogP contribution in [0.1, 0.15) is 41.7 Å². The number of aryl methyl sites for hydroxylation is 1. The molecule has 0 bridgehead atoms. The van der Waals surface area contributed by atoms with Crippen molar-refractivity contribution >= 4 is 23.4 Å². The van der Waals surface area contributed by atoms with Crippen molar-refractivity contribution in [3.8, 4) is 5.75 Å². The third-order valence-electron chi connectivity index (χ3n) is 5.20. The summed E-state index contributed by atoms with van der Waals surface area (Å²) in [5, 5.41) is 5.93. The van der Waals surface area contributed by atoms with Gasteiger partial charge < -0.3 is 15.4 Å². The SMILES string of the molecule is Cc1ccc(C(=O)NCC2CCC(NC(=O)COc3ccc(Cl)c(F)c3)CC2)cn1. The lowest BCUT2D eigenvalue weighted by Crippen LogP contribution is -2.41. The van der Waals surface area contributed by atoms with Gasteiger partial charge in [-0.2, -0.15) is 0 Å². The quantitative estimate of drug-likeness (QED) is 0.698. The molecular formula is C22H25ClFN3O3. The molecule has 1 aromatic carbocycles. The molecule has 0 atom stereocenters. The number of nitrogens with zero attached hydrogens (tertiary/aromatic N) is 1. The van der Waals surface area contributed by atoms with Crippen LogP contribution in [0.3, 0.4) is 0 Å². The molecule has 0 spiro atoms. The summed E-state index contributed by atoms with van der Waals surface area (Å²) in [6.07, 6.45) is 5.10. The first-order valence-electron chi connectivity index (χ1n) is 9.99. The van der Waals surface area contributed by atoms with E-state index in [0.29, 0.717) is 18.0 Å². The van der Waals surface area contributed by atoms with Crippen LogP contribution < -0.4 is 15.4 Å². The van der Waals surface area contributed by atoms with Crippen LogP contribution in [0.4, 0.5) is 4.39 Å². The first-order valence-corrected chi connectivity index (χ1v) is 10.4. The average Bonchev–Trinajstić information content (AvgIpc) is 2.74. The highest BCUT2D eigenvalue weighted by atomic mass is 35.5. The van der Waals surface area contributed by atoms with E-state index >= 15 is 0 Å². The summed E-state index contributed by atoms with van der Waals surface area (Å²) in [4.78, 5) is 28.4. The van der Waals surface area contributed by atoms with Crippen molar-refractivity contribution in [2.24, 2.45) is 5.92 Å². The molecule has 1 saturated carbocycles. The molecule has 2 amide bonds. The molecule has 1 aliphatic rings. The van der Waals surface area contributed by atoms with Crippen molar-refractivity contribution in [3.05, 3.63) is 58.6 Å². The van der Waals surface area contributed by atoms with Crippen molar-refractivity contribution in [2.75, 3.05) is 13.2 Å². The maximum Gasteiger partial charge on any atom is 0.258 e. The molecule has 1 aliphatic carbocycles. The fraction of sp³-hybridized carbons (Fsp3) is 0.409. The summed E-state index contributed by atoms with van der Waals surface area (Å²) in [6.45, 7) is 2.31. The van der Waals surface area contributed by atoms with Crippen LogP contribution >= 0.6 is 11.6 Å². The Morgan fingerprint density at radius 2 is 1.97 bits per heavy atom. The Labute approximate surface area is 180 Å². The Bertz CT molecular complexity index is 884. The lowest BCUT2D eigenvalue weighted by molar-refractivity contribution is -0.124. The predicted octanol–water partition coefficient (Wildman–Crippen LogP) is 3.67. The third-order valence-corrected chi connectivity index (χ3v) is 5.50. The molecule has 2 N–H and O–H groups in total. The number of ether oxygens (including phenoxy) is 1. The molecule has 1 aromatic heterocycles. The second-order valence-electron chi connectivity index (χ2n) is 7.55. The van der Waals surface area contributed by atoms with Gasteiger partial charge >= 0.3 is 0 Å². The van der Waals surface area contributed by atoms with E-state index in [0.717, 1.165) is 37.4 Å². The van der Waals surface area contributed by atoms with Gasteiger partial charge in [-0.3, -0.25) is 14.6 Å². The smallest absolute Gasteiger partial charge is 0.258 e. The number of carbonyl (C=O) groups excluding carboxylic acids is 2. The van der Waals surface area contributed by atoms with Crippen LogP contribution in [-0.2, 0) is 4.79 Å². The van der Waals surface area contributed by atoms with Crippen LogP contribution in [0.25, 0.3) is 0 Å². The van der Waals surface area contributed by atoms with Crippen LogP contribution in [0.5, 0.6) is 5.75 Å². The van der Waals surface area contributed by atoms with Crippen molar-refractivity contribution in [1.29, 1.82) is 0 Å². The molecule has 8 heteroatoms. The van der Waals surface area contributed by atoms with Crippen molar-refractivity contribution < 1.29 is 18.7 Å². The molecule has 2 aromatic rings. The predicted molar refractivity (Wildman–Crippen MR) is 112 cm³/mol. The van der Waals surface area contributed by atoms with Gasteiger partial charge in [0.25, 0.3) is 11.8 Å². The Balaban J connectivity index is 1.34. The number of aromatic nitrogens is 1. The minimum absolute atomic E-state index is 0.00952. The number of pyridine rings is 1. The highest BCUT2D eigenvalue weighted by molar-refractivity contribution is 6.30. The molecule has 0 aliphatic heterocycles. The van der Waals surface area contributed by atoms with Crippen molar-refractivity contribution in [3.63, 3.8) is 0 Å². The van der Waals surface area contributed by atoms with E-state index in [2.05, 4.69) is 15.6 Å². The Morgan fingerprint density at radius 3 is 2.63 bits per heavy atom. The summed E-state index contributed by atoms with van der Waals surface area (Å²) < 4.78 is 18.7. The number of hydrogen-bond donors (Lipinski definition) is 2. The standard InChI is InChI=1S/C22H25ClFN3O3/c1-14-2-5-16(12-25-14)22(29)26-11-15-3-6-17(7-4-15)27-21(28)13-30-18-8-9-19(23)20(24)10-18/h2,5,8-10,12,15,17H,3-4,6-7,11,13H2,1H3,(H,26,29)(H,27,28). The minimum Gasteiger partial charge on any atom is -0.484 e. The van der Waals surface area contributed by atoms with E-state index in [1.165, 1.54) is 12.1 Å². The van der Waals surface area contributed by atoms with Crippen LogP contribution in [0, 0.1) is 18.7 Å². The minimum atomic E-state index is -0.585. The van der Waals surface area contributed by atoms with Crippen LogP contribution in [0.2, 0.25) is 5.02 Å². The largest absolute Gasteiger partial charge is 0.484 e. The van der Waals surface area contributed by atoms with Gasteiger partial charge in [0.05, 0.1) is 10.6 Å². The zero-order chi connectivity index (χ0) is 21.5. The molecule has 1 fully saturated rings. The topological polar surface area (TPSA) is 80.3 Å². The van der Waals surface area contributed by atoms with E-state index in [-0.39, 0.29) is 35.2 Å². The number of amides is 2. The fourth-order valence-corrected chi connectivity index (χ4v) is 3.55. The van der Waals surface area contributed by atoms with Gasteiger partial charge in [0, 0.05) is 30.5 Å². The monoisotopic (exact) mass is 433 g/mol. The fourth-order valence-electron chi connectivity index (χ4n) is 3.44. The van der Waals surface area contributed by atoms with Crippen molar-refractivity contribution in [1.82, 2.24) is 15.6 Å². The molecule has 3 rings (SSSR count). The normalized spacial score (nSPS) is 18.5. The van der Waals surface area contributed by atoms with Gasteiger partial charge in [0.1, 0.15) is 11.6 Å². The zero-order valence-electron chi connectivity index (χ0n) is 16.8. The number of carbonyl (C=O) groups is 2. The van der Waals surface area contributed by atoms with E-state index in [4.69, 9.17) is 16.3 Å². The molecule has 0 saturated heterocycles. The zero-order valence-corrected chi connectivity index (χ0v) is 17.5. The average molecular weight is 434 g/mol. The van der Waals surface area contributed by atoms with Gasteiger partial charge in [-0.25, -0.2) is 4.39 Å². The van der Waals surface area contributed by atoms with Crippen LogP contribution in [0.15, 0.2) is 36.5 Å². The number of nitrogens with one attached hydrogen (secondary N) is 2. The van der Waals surface area contributed by atoms with Gasteiger partial charge in [-0.05, 0) is 62.8 Å². The maximum atomic E-state index is 13.4. The van der Waals surface area contributed by atoms with Gasteiger partial charge in [0.2, 0.25) is 0 Å². The second kappa shape index (κ2) is 10.4. The second-order valence-corrected chi connectivity index (χ2v) is 7.96.